The van der Waals surface area contributed by atoms with E-state index in [1.807, 2.05) is 0 Å². The number of ether oxygens (including phenoxy) is 2. The number of carbonyl (C=O) groups excluding carboxylic acids is 1. The van der Waals surface area contributed by atoms with Crippen LogP contribution < -0.4 is 14.8 Å². The molecule has 0 saturated carbocycles. The summed E-state index contributed by atoms with van der Waals surface area (Å²) in [5.41, 5.74) is 0.508. The van der Waals surface area contributed by atoms with Crippen LogP contribution in [-0.2, 0) is 4.79 Å². The Hall–Kier alpha value is -2.08. The first-order valence-corrected chi connectivity index (χ1v) is 6.90. The summed E-state index contributed by atoms with van der Waals surface area (Å²) in [5.74, 6) is -0.355. The number of halogens is 2. The molecular formula is C15H13BrFNO3. The van der Waals surface area contributed by atoms with Crippen molar-refractivity contribution < 1.29 is 18.7 Å². The quantitative estimate of drug-likeness (QED) is 0.892. The van der Waals surface area contributed by atoms with Crippen LogP contribution in [-0.4, -0.2) is 19.6 Å². The van der Waals surface area contributed by atoms with E-state index in [-0.39, 0.29) is 12.4 Å². The van der Waals surface area contributed by atoms with E-state index in [9.17, 15) is 9.18 Å². The number of anilines is 1. The van der Waals surface area contributed by atoms with Crippen molar-refractivity contribution in [3.05, 3.63) is 52.8 Å². The third-order valence-corrected chi connectivity index (χ3v) is 3.12. The number of nitrogens with one attached hydrogen (secondary N) is 1. The van der Waals surface area contributed by atoms with E-state index >= 15 is 0 Å². The number of benzene rings is 2. The van der Waals surface area contributed by atoms with Gasteiger partial charge in [0.25, 0.3) is 5.91 Å². The molecular weight excluding hydrogens is 341 g/mol. The van der Waals surface area contributed by atoms with E-state index in [1.54, 1.807) is 30.3 Å². The summed E-state index contributed by atoms with van der Waals surface area (Å²) in [6, 6.07) is 11.1. The van der Waals surface area contributed by atoms with Gasteiger partial charge in [0.15, 0.2) is 18.2 Å². The summed E-state index contributed by atoms with van der Waals surface area (Å²) in [6.45, 7) is -0.295. The Morgan fingerprint density at radius 3 is 2.71 bits per heavy atom. The van der Waals surface area contributed by atoms with Gasteiger partial charge in [0.2, 0.25) is 0 Å². The number of hydrogen-bond donors (Lipinski definition) is 1. The van der Waals surface area contributed by atoms with Crippen molar-refractivity contribution in [3.63, 3.8) is 0 Å². The van der Waals surface area contributed by atoms with Crippen molar-refractivity contribution in [2.45, 2.75) is 0 Å². The maximum absolute atomic E-state index is 13.4. The molecule has 110 valence electrons. The van der Waals surface area contributed by atoms with E-state index in [0.717, 1.165) is 4.47 Å². The van der Waals surface area contributed by atoms with Gasteiger partial charge in [-0.2, -0.15) is 0 Å². The summed E-state index contributed by atoms with van der Waals surface area (Å²) in [7, 11) is 1.51. The first-order chi connectivity index (χ1) is 10.1. The molecule has 0 unspecified atom stereocenters. The summed E-state index contributed by atoms with van der Waals surface area (Å²) < 4.78 is 24.4. The second kappa shape index (κ2) is 7.08. The Balaban J connectivity index is 1.99. The Morgan fingerprint density at radius 2 is 2.00 bits per heavy atom. The molecule has 21 heavy (non-hydrogen) atoms. The third kappa shape index (κ3) is 4.19. The second-order valence-electron chi connectivity index (χ2n) is 4.11. The molecule has 0 aliphatic carbocycles. The number of hydrogen-bond acceptors (Lipinski definition) is 3. The summed E-state index contributed by atoms with van der Waals surface area (Å²) >= 11 is 3.31. The normalized spacial score (nSPS) is 10.0. The monoisotopic (exact) mass is 353 g/mol. The zero-order valence-corrected chi connectivity index (χ0v) is 12.8. The lowest BCUT2D eigenvalue weighted by Crippen LogP contribution is -2.20. The number of para-hydroxylation sites is 1. The molecule has 1 N–H and O–H groups in total. The number of methoxy groups -OCH3 is 1. The molecule has 0 aliphatic heterocycles. The smallest absolute Gasteiger partial charge is 0.262 e. The van der Waals surface area contributed by atoms with Crippen LogP contribution in [0.15, 0.2) is 46.9 Å². The van der Waals surface area contributed by atoms with Crippen molar-refractivity contribution in [2.24, 2.45) is 0 Å². The van der Waals surface area contributed by atoms with E-state index in [4.69, 9.17) is 9.47 Å². The van der Waals surface area contributed by atoms with Gasteiger partial charge in [-0.05, 0) is 30.3 Å². The highest BCUT2D eigenvalue weighted by atomic mass is 79.9. The van der Waals surface area contributed by atoms with Crippen LogP contribution in [0.5, 0.6) is 11.5 Å². The fourth-order valence-corrected chi connectivity index (χ4v) is 2.03. The van der Waals surface area contributed by atoms with E-state index in [1.165, 1.54) is 19.2 Å². The van der Waals surface area contributed by atoms with Crippen LogP contribution in [0.1, 0.15) is 0 Å². The van der Waals surface area contributed by atoms with Crippen molar-refractivity contribution in [3.8, 4) is 11.5 Å². The topological polar surface area (TPSA) is 47.6 Å². The van der Waals surface area contributed by atoms with Crippen LogP contribution in [0.2, 0.25) is 0 Å². The molecule has 0 saturated heterocycles. The molecule has 1 amide bonds. The number of carbonyl (C=O) groups is 1. The average Bonchev–Trinajstić information content (AvgIpc) is 2.47. The number of amides is 1. The van der Waals surface area contributed by atoms with E-state index < -0.39 is 11.7 Å². The standard InChI is InChI=1S/C15H13BrFNO3/c1-20-14-7-6-10(16)8-12(14)18-15(19)9-21-13-5-3-2-4-11(13)17/h2-8H,9H2,1H3,(H,18,19). The van der Waals surface area contributed by atoms with Gasteiger partial charge in [-0.1, -0.05) is 28.1 Å². The summed E-state index contributed by atoms with van der Waals surface area (Å²) in [5, 5.41) is 2.65. The van der Waals surface area contributed by atoms with Crippen LogP contribution in [0.3, 0.4) is 0 Å². The minimum absolute atomic E-state index is 0.0360. The lowest BCUT2D eigenvalue weighted by atomic mass is 10.3. The van der Waals surface area contributed by atoms with Gasteiger partial charge < -0.3 is 14.8 Å². The third-order valence-electron chi connectivity index (χ3n) is 2.63. The van der Waals surface area contributed by atoms with Crippen molar-refractivity contribution >= 4 is 27.5 Å². The Kier molecular flexibility index (Phi) is 5.16. The molecule has 2 rings (SSSR count). The van der Waals surface area contributed by atoms with Crippen LogP contribution in [0, 0.1) is 5.82 Å². The minimum atomic E-state index is -0.509. The lowest BCUT2D eigenvalue weighted by Gasteiger charge is -2.11. The largest absolute Gasteiger partial charge is 0.495 e. The van der Waals surface area contributed by atoms with Crippen molar-refractivity contribution in [1.82, 2.24) is 0 Å². The fourth-order valence-electron chi connectivity index (χ4n) is 1.67. The second-order valence-corrected chi connectivity index (χ2v) is 5.03. The highest BCUT2D eigenvalue weighted by Gasteiger charge is 2.10. The molecule has 0 heterocycles. The van der Waals surface area contributed by atoms with Gasteiger partial charge in [0.1, 0.15) is 5.75 Å². The maximum atomic E-state index is 13.4. The first-order valence-electron chi connectivity index (χ1n) is 6.11. The predicted molar refractivity (Wildman–Crippen MR) is 81.2 cm³/mol. The summed E-state index contributed by atoms with van der Waals surface area (Å²) in [4.78, 5) is 11.8. The molecule has 0 fully saturated rings. The van der Waals surface area contributed by atoms with Gasteiger partial charge in [0.05, 0.1) is 12.8 Å². The van der Waals surface area contributed by atoms with E-state index in [2.05, 4.69) is 21.2 Å². The molecule has 2 aromatic carbocycles. The van der Waals surface area contributed by atoms with Crippen molar-refractivity contribution in [1.29, 1.82) is 0 Å². The molecule has 2 aromatic rings. The maximum Gasteiger partial charge on any atom is 0.262 e. The van der Waals surface area contributed by atoms with Crippen LogP contribution in [0.4, 0.5) is 10.1 Å². The Bertz CT molecular complexity index is 649. The molecule has 0 aliphatic rings. The summed E-state index contributed by atoms with van der Waals surface area (Å²) in [6.07, 6.45) is 0. The van der Waals surface area contributed by atoms with Gasteiger partial charge in [-0.15, -0.1) is 0 Å². The highest BCUT2D eigenvalue weighted by Crippen LogP contribution is 2.27. The molecule has 0 bridgehead atoms. The molecule has 0 aromatic heterocycles. The van der Waals surface area contributed by atoms with Gasteiger partial charge in [-0.25, -0.2) is 4.39 Å². The SMILES string of the molecule is COc1ccc(Br)cc1NC(=O)COc1ccccc1F. The van der Waals surface area contributed by atoms with Gasteiger partial charge >= 0.3 is 0 Å². The molecule has 0 radical (unpaired) electrons. The molecule has 4 nitrogen and oxygen atoms in total. The fraction of sp³-hybridized carbons (Fsp3) is 0.133. The van der Waals surface area contributed by atoms with Crippen LogP contribution >= 0.6 is 15.9 Å². The van der Waals surface area contributed by atoms with E-state index in [0.29, 0.717) is 11.4 Å². The average molecular weight is 354 g/mol. The molecule has 0 atom stereocenters. The van der Waals surface area contributed by atoms with Crippen molar-refractivity contribution in [2.75, 3.05) is 19.0 Å². The first kappa shape index (κ1) is 15.3. The highest BCUT2D eigenvalue weighted by molar-refractivity contribution is 9.10. The Labute approximate surface area is 130 Å². The van der Waals surface area contributed by atoms with Crippen LogP contribution in [0.25, 0.3) is 0 Å². The number of rotatable bonds is 5. The predicted octanol–water partition coefficient (Wildman–Crippen LogP) is 3.61. The van der Waals surface area contributed by atoms with Gasteiger partial charge in [-0.3, -0.25) is 4.79 Å². The lowest BCUT2D eigenvalue weighted by molar-refractivity contribution is -0.118. The Morgan fingerprint density at radius 1 is 1.24 bits per heavy atom. The molecule has 6 heteroatoms. The minimum Gasteiger partial charge on any atom is -0.495 e. The molecule has 0 spiro atoms. The van der Waals surface area contributed by atoms with Gasteiger partial charge in [0, 0.05) is 4.47 Å². The zero-order chi connectivity index (χ0) is 15.2. The zero-order valence-electron chi connectivity index (χ0n) is 11.2.